The summed E-state index contributed by atoms with van der Waals surface area (Å²) in [6.45, 7) is 3.54. The van der Waals surface area contributed by atoms with Crippen molar-refractivity contribution in [1.82, 2.24) is 10.6 Å². The van der Waals surface area contributed by atoms with E-state index in [4.69, 9.17) is 4.42 Å². The first-order chi connectivity index (χ1) is 15.1. The molecule has 32 heavy (non-hydrogen) atoms. The third kappa shape index (κ3) is 5.87. The van der Waals surface area contributed by atoms with Crippen LogP contribution in [0, 0.1) is 0 Å². The van der Waals surface area contributed by atoms with E-state index in [1.54, 1.807) is 44.2 Å². The Bertz CT molecular complexity index is 1130. The largest absolute Gasteiger partial charge is 0.457 e. The van der Waals surface area contributed by atoms with E-state index in [1.165, 1.54) is 30.3 Å². The number of carbonyl (C=O) groups is 2. The summed E-state index contributed by atoms with van der Waals surface area (Å²) < 4.78 is 44.6. The van der Waals surface area contributed by atoms with Gasteiger partial charge in [-0.2, -0.15) is 13.2 Å². The van der Waals surface area contributed by atoms with Crippen LogP contribution in [0.3, 0.4) is 0 Å². The monoisotopic (exact) mass is 442 g/mol. The Morgan fingerprint density at radius 1 is 0.969 bits per heavy atom. The predicted molar refractivity (Wildman–Crippen MR) is 114 cm³/mol. The molecule has 2 aromatic carbocycles. The first-order valence-corrected chi connectivity index (χ1v) is 9.80. The summed E-state index contributed by atoms with van der Waals surface area (Å²) in [5.74, 6) is -0.623. The molecule has 0 radical (unpaired) electrons. The zero-order valence-electron chi connectivity index (χ0n) is 17.4. The normalized spacial score (nSPS) is 12.0. The van der Waals surface area contributed by atoms with E-state index in [2.05, 4.69) is 10.6 Å². The molecule has 0 bridgehead atoms. The van der Waals surface area contributed by atoms with Crippen molar-refractivity contribution in [2.24, 2.45) is 0 Å². The number of furan rings is 1. The summed E-state index contributed by atoms with van der Waals surface area (Å²) >= 11 is 0. The van der Waals surface area contributed by atoms with Crippen molar-refractivity contribution in [3.63, 3.8) is 0 Å². The highest BCUT2D eigenvalue weighted by Gasteiger charge is 2.30. The van der Waals surface area contributed by atoms with Crippen molar-refractivity contribution in [3.8, 4) is 11.3 Å². The van der Waals surface area contributed by atoms with Gasteiger partial charge in [0.2, 0.25) is 0 Å². The van der Waals surface area contributed by atoms with Crippen molar-refractivity contribution in [3.05, 3.63) is 89.3 Å². The number of hydrogen-bond donors (Lipinski definition) is 2. The van der Waals surface area contributed by atoms with Crippen LogP contribution in [0.1, 0.15) is 35.5 Å². The summed E-state index contributed by atoms with van der Waals surface area (Å²) in [5, 5.41) is 5.26. The van der Waals surface area contributed by atoms with Gasteiger partial charge in [0.1, 0.15) is 17.2 Å². The average Bonchev–Trinajstić information content (AvgIpc) is 3.21. The maximum Gasteiger partial charge on any atom is 0.416 e. The first-order valence-electron chi connectivity index (χ1n) is 9.80. The molecular formula is C24H21F3N2O3. The van der Waals surface area contributed by atoms with E-state index in [9.17, 15) is 22.8 Å². The van der Waals surface area contributed by atoms with Gasteiger partial charge in [0.05, 0.1) is 5.56 Å². The average molecular weight is 442 g/mol. The lowest BCUT2D eigenvalue weighted by atomic mass is 10.1. The molecule has 5 nitrogen and oxygen atoms in total. The van der Waals surface area contributed by atoms with Crippen molar-refractivity contribution >= 4 is 17.9 Å². The molecule has 2 amide bonds. The third-order valence-electron chi connectivity index (χ3n) is 4.34. The topological polar surface area (TPSA) is 71.3 Å². The highest BCUT2D eigenvalue weighted by molar-refractivity contribution is 6.05. The van der Waals surface area contributed by atoms with Gasteiger partial charge in [-0.1, -0.05) is 30.3 Å². The van der Waals surface area contributed by atoms with E-state index in [0.29, 0.717) is 5.56 Å². The zero-order valence-corrected chi connectivity index (χ0v) is 17.4. The number of hydrogen-bond acceptors (Lipinski definition) is 3. The van der Waals surface area contributed by atoms with Crippen LogP contribution < -0.4 is 10.6 Å². The molecule has 3 rings (SSSR count). The molecule has 0 spiro atoms. The van der Waals surface area contributed by atoms with E-state index in [0.717, 1.165) is 12.1 Å². The smallest absolute Gasteiger partial charge is 0.416 e. The molecule has 0 saturated carbocycles. The minimum Gasteiger partial charge on any atom is -0.457 e. The maximum atomic E-state index is 13.0. The van der Waals surface area contributed by atoms with Crippen molar-refractivity contribution < 1.29 is 27.2 Å². The van der Waals surface area contributed by atoms with Crippen LogP contribution in [0.4, 0.5) is 13.2 Å². The van der Waals surface area contributed by atoms with Crippen LogP contribution in [0.25, 0.3) is 17.4 Å². The lowest BCUT2D eigenvalue weighted by Gasteiger charge is -2.12. The van der Waals surface area contributed by atoms with Crippen LogP contribution in [0.15, 0.2) is 76.8 Å². The Hall–Kier alpha value is -3.81. The second-order valence-corrected chi connectivity index (χ2v) is 7.29. The second kappa shape index (κ2) is 9.55. The minimum atomic E-state index is -4.48. The maximum absolute atomic E-state index is 13.0. The number of amides is 2. The van der Waals surface area contributed by atoms with Gasteiger partial charge in [0.15, 0.2) is 0 Å². The van der Waals surface area contributed by atoms with Gasteiger partial charge in [-0.25, -0.2) is 0 Å². The molecule has 0 aliphatic heterocycles. The number of alkyl halides is 3. The van der Waals surface area contributed by atoms with E-state index in [1.807, 2.05) is 0 Å². The first kappa shape index (κ1) is 22.9. The summed E-state index contributed by atoms with van der Waals surface area (Å²) in [6, 6.07) is 15.9. The van der Waals surface area contributed by atoms with Crippen LogP contribution in [-0.4, -0.2) is 17.9 Å². The number of carbonyl (C=O) groups excluding carboxylic acids is 2. The molecule has 0 atom stereocenters. The van der Waals surface area contributed by atoms with Gasteiger partial charge in [-0.3, -0.25) is 9.59 Å². The summed E-state index contributed by atoms with van der Waals surface area (Å²) in [7, 11) is 0. The highest BCUT2D eigenvalue weighted by Crippen LogP contribution is 2.32. The summed E-state index contributed by atoms with van der Waals surface area (Å²) in [4.78, 5) is 25.1. The molecular weight excluding hydrogens is 421 g/mol. The lowest BCUT2D eigenvalue weighted by molar-refractivity contribution is -0.137. The Balaban J connectivity index is 1.90. The number of halogens is 3. The van der Waals surface area contributed by atoms with Crippen LogP contribution in [0.2, 0.25) is 0 Å². The Labute approximate surface area is 182 Å². The van der Waals surface area contributed by atoms with E-state index in [-0.39, 0.29) is 28.8 Å². The van der Waals surface area contributed by atoms with Gasteiger partial charge in [0, 0.05) is 23.2 Å². The van der Waals surface area contributed by atoms with Gasteiger partial charge in [-0.05, 0) is 50.2 Å². The van der Waals surface area contributed by atoms with Crippen molar-refractivity contribution in [2.45, 2.75) is 26.1 Å². The lowest BCUT2D eigenvalue weighted by Crippen LogP contribution is -2.38. The quantitative estimate of drug-likeness (QED) is 0.512. The Kier molecular flexibility index (Phi) is 6.82. The molecule has 1 aromatic heterocycles. The molecule has 0 saturated heterocycles. The van der Waals surface area contributed by atoms with E-state index < -0.39 is 23.6 Å². The molecule has 0 fully saturated rings. The molecule has 1 heterocycles. The second-order valence-electron chi connectivity index (χ2n) is 7.29. The molecule has 0 unspecified atom stereocenters. The van der Waals surface area contributed by atoms with Crippen LogP contribution in [0.5, 0.6) is 0 Å². The SMILES string of the molecule is CC(C)NC(=O)C(=Cc1ccc(-c2cccc(C(F)(F)F)c2)o1)NC(=O)c1ccccc1. The van der Waals surface area contributed by atoms with Crippen molar-refractivity contribution in [1.29, 1.82) is 0 Å². The molecule has 0 aliphatic rings. The zero-order chi connectivity index (χ0) is 23.3. The Morgan fingerprint density at radius 3 is 2.34 bits per heavy atom. The minimum absolute atomic E-state index is 0.0579. The number of benzene rings is 2. The van der Waals surface area contributed by atoms with Crippen LogP contribution >= 0.6 is 0 Å². The molecule has 166 valence electrons. The molecule has 3 aromatic rings. The third-order valence-corrected chi connectivity index (χ3v) is 4.34. The molecule has 8 heteroatoms. The highest BCUT2D eigenvalue weighted by atomic mass is 19.4. The number of nitrogens with one attached hydrogen (secondary N) is 2. The predicted octanol–water partition coefficient (Wildman–Crippen LogP) is 5.26. The van der Waals surface area contributed by atoms with Gasteiger partial charge in [0.25, 0.3) is 11.8 Å². The molecule has 0 aliphatic carbocycles. The fraction of sp³-hybridized carbons (Fsp3) is 0.167. The fourth-order valence-electron chi connectivity index (χ4n) is 2.86. The molecule has 2 N–H and O–H groups in total. The van der Waals surface area contributed by atoms with Crippen molar-refractivity contribution in [2.75, 3.05) is 0 Å². The van der Waals surface area contributed by atoms with Gasteiger partial charge in [-0.15, -0.1) is 0 Å². The Morgan fingerprint density at radius 2 is 1.69 bits per heavy atom. The van der Waals surface area contributed by atoms with Gasteiger partial charge >= 0.3 is 6.18 Å². The van der Waals surface area contributed by atoms with Gasteiger partial charge < -0.3 is 15.1 Å². The van der Waals surface area contributed by atoms with Crippen LogP contribution in [-0.2, 0) is 11.0 Å². The summed E-state index contributed by atoms with van der Waals surface area (Å²) in [5.41, 5.74) is -0.256. The standard InChI is InChI=1S/C24H21F3N2O3/c1-15(2)28-23(31)20(29-22(30)16-7-4-3-5-8-16)14-19-11-12-21(32-19)17-9-6-10-18(13-17)24(25,26)27/h3-15H,1-2H3,(H,28,31)(H,29,30). The number of rotatable bonds is 6. The fourth-order valence-corrected chi connectivity index (χ4v) is 2.86. The van der Waals surface area contributed by atoms with E-state index >= 15 is 0 Å². The summed E-state index contributed by atoms with van der Waals surface area (Å²) in [6.07, 6.45) is -3.15.